The van der Waals surface area contributed by atoms with Crippen LogP contribution >= 0.6 is 0 Å². The monoisotopic (exact) mass is 356 g/mol. The molecular formula is C20H24N2O4. The van der Waals surface area contributed by atoms with Gasteiger partial charge in [-0.1, -0.05) is 12.1 Å². The smallest absolute Gasteiger partial charge is 0.307 e. The van der Waals surface area contributed by atoms with Crippen LogP contribution in [-0.2, 0) is 16.0 Å². The molecule has 0 atom stereocenters. The minimum Gasteiger partial charge on any atom is -0.497 e. The summed E-state index contributed by atoms with van der Waals surface area (Å²) in [6.07, 6.45) is 4.03. The Morgan fingerprint density at radius 3 is 2.35 bits per heavy atom. The van der Waals surface area contributed by atoms with E-state index in [9.17, 15) is 9.59 Å². The molecule has 0 fully saturated rings. The van der Waals surface area contributed by atoms with Crippen LogP contribution in [0.15, 0.2) is 48.8 Å². The van der Waals surface area contributed by atoms with Gasteiger partial charge in [-0.05, 0) is 43.2 Å². The van der Waals surface area contributed by atoms with Crippen molar-refractivity contribution >= 4 is 11.9 Å². The van der Waals surface area contributed by atoms with E-state index in [0.29, 0.717) is 31.7 Å². The SMILES string of the molecule is CCOC(=O)CCN(CCc1ccc(OC)cc1)C(=O)c1ccncc1. The number of benzene rings is 1. The van der Waals surface area contributed by atoms with E-state index < -0.39 is 0 Å². The molecule has 0 aliphatic heterocycles. The highest BCUT2D eigenvalue weighted by Crippen LogP contribution is 2.13. The molecule has 0 spiro atoms. The Kier molecular flexibility index (Phi) is 7.61. The third-order valence-corrected chi connectivity index (χ3v) is 3.94. The van der Waals surface area contributed by atoms with E-state index in [0.717, 1.165) is 11.3 Å². The van der Waals surface area contributed by atoms with Crippen LogP contribution in [-0.4, -0.2) is 48.6 Å². The summed E-state index contributed by atoms with van der Waals surface area (Å²) in [5.74, 6) is 0.371. The molecule has 0 bridgehead atoms. The van der Waals surface area contributed by atoms with Gasteiger partial charge in [-0.25, -0.2) is 0 Å². The van der Waals surface area contributed by atoms with Gasteiger partial charge in [-0.15, -0.1) is 0 Å². The zero-order valence-corrected chi connectivity index (χ0v) is 15.2. The van der Waals surface area contributed by atoms with Crippen LogP contribution in [0.1, 0.15) is 29.3 Å². The number of esters is 1. The van der Waals surface area contributed by atoms with E-state index in [-0.39, 0.29) is 18.3 Å². The fraction of sp³-hybridized carbons (Fsp3) is 0.350. The Bertz CT molecular complexity index is 702. The first-order chi connectivity index (χ1) is 12.6. The lowest BCUT2D eigenvalue weighted by Gasteiger charge is -2.22. The minimum atomic E-state index is -0.301. The van der Waals surface area contributed by atoms with Crippen molar-refractivity contribution in [3.05, 3.63) is 59.9 Å². The summed E-state index contributed by atoms with van der Waals surface area (Å²) in [5, 5.41) is 0. The molecule has 6 nitrogen and oxygen atoms in total. The normalized spacial score (nSPS) is 10.2. The predicted octanol–water partition coefficient (Wildman–Crippen LogP) is 2.73. The van der Waals surface area contributed by atoms with Gasteiger partial charge in [-0.3, -0.25) is 14.6 Å². The number of aromatic nitrogens is 1. The molecule has 26 heavy (non-hydrogen) atoms. The summed E-state index contributed by atoms with van der Waals surface area (Å²) < 4.78 is 10.1. The van der Waals surface area contributed by atoms with Gasteiger partial charge in [0.15, 0.2) is 0 Å². The van der Waals surface area contributed by atoms with Crippen LogP contribution < -0.4 is 4.74 Å². The van der Waals surface area contributed by atoms with E-state index in [1.54, 1.807) is 43.5 Å². The second-order valence-electron chi connectivity index (χ2n) is 5.68. The molecule has 2 aromatic rings. The zero-order valence-electron chi connectivity index (χ0n) is 15.2. The third-order valence-electron chi connectivity index (χ3n) is 3.94. The lowest BCUT2D eigenvalue weighted by Crippen LogP contribution is -2.35. The van der Waals surface area contributed by atoms with Gasteiger partial charge >= 0.3 is 5.97 Å². The number of carbonyl (C=O) groups excluding carboxylic acids is 2. The molecule has 138 valence electrons. The van der Waals surface area contributed by atoms with Crippen molar-refractivity contribution < 1.29 is 19.1 Å². The van der Waals surface area contributed by atoms with E-state index in [4.69, 9.17) is 9.47 Å². The van der Waals surface area contributed by atoms with Crippen LogP contribution in [0.3, 0.4) is 0 Å². The lowest BCUT2D eigenvalue weighted by molar-refractivity contribution is -0.143. The Morgan fingerprint density at radius 2 is 1.73 bits per heavy atom. The molecule has 2 rings (SSSR count). The predicted molar refractivity (Wildman–Crippen MR) is 98.1 cm³/mol. The van der Waals surface area contributed by atoms with Crippen LogP contribution in [0.2, 0.25) is 0 Å². The second kappa shape index (κ2) is 10.2. The van der Waals surface area contributed by atoms with Gasteiger partial charge in [0.25, 0.3) is 5.91 Å². The van der Waals surface area contributed by atoms with Crippen LogP contribution in [0.4, 0.5) is 0 Å². The molecule has 0 aliphatic rings. The number of methoxy groups -OCH3 is 1. The van der Waals surface area contributed by atoms with Gasteiger partial charge < -0.3 is 14.4 Å². The topological polar surface area (TPSA) is 68.7 Å². The molecule has 1 aromatic carbocycles. The molecule has 6 heteroatoms. The first-order valence-corrected chi connectivity index (χ1v) is 8.62. The maximum absolute atomic E-state index is 12.8. The molecule has 0 radical (unpaired) electrons. The number of nitrogens with zero attached hydrogens (tertiary/aromatic N) is 2. The summed E-state index contributed by atoms with van der Waals surface area (Å²) in [5.41, 5.74) is 1.65. The van der Waals surface area contributed by atoms with E-state index in [1.807, 2.05) is 24.3 Å². The number of amides is 1. The Hall–Kier alpha value is -2.89. The molecular weight excluding hydrogens is 332 g/mol. The van der Waals surface area contributed by atoms with Crippen molar-refractivity contribution in [2.45, 2.75) is 19.8 Å². The van der Waals surface area contributed by atoms with Crippen LogP contribution in [0.25, 0.3) is 0 Å². The first kappa shape index (κ1) is 19.4. The Balaban J connectivity index is 2.03. The maximum atomic E-state index is 12.8. The zero-order chi connectivity index (χ0) is 18.8. The number of hydrogen-bond acceptors (Lipinski definition) is 5. The van der Waals surface area contributed by atoms with Crippen molar-refractivity contribution in [1.82, 2.24) is 9.88 Å². The van der Waals surface area contributed by atoms with Crippen molar-refractivity contribution in [3.8, 4) is 5.75 Å². The maximum Gasteiger partial charge on any atom is 0.307 e. The molecule has 1 heterocycles. The number of carbonyl (C=O) groups is 2. The van der Waals surface area contributed by atoms with Crippen LogP contribution in [0.5, 0.6) is 5.75 Å². The molecule has 0 saturated carbocycles. The number of hydrogen-bond donors (Lipinski definition) is 0. The Morgan fingerprint density at radius 1 is 1.04 bits per heavy atom. The van der Waals surface area contributed by atoms with E-state index in [2.05, 4.69) is 4.98 Å². The van der Waals surface area contributed by atoms with E-state index >= 15 is 0 Å². The Labute approximate surface area is 153 Å². The van der Waals surface area contributed by atoms with Gasteiger partial charge in [0.05, 0.1) is 20.1 Å². The minimum absolute atomic E-state index is 0.120. The van der Waals surface area contributed by atoms with Crippen molar-refractivity contribution in [1.29, 1.82) is 0 Å². The first-order valence-electron chi connectivity index (χ1n) is 8.62. The van der Waals surface area contributed by atoms with Crippen molar-refractivity contribution in [2.75, 3.05) is 26.8 Å². The number of ether oxygens (including phenoxy) is 2. The summed E-state index contributed by atoms with van der Waals surface area (Å²) in [7, 11) is 1.62. The van der Waals surface area contributed by atoms with Crippen molar-refractivity contribution in [2.24, 2.45) is 0 Å². The van der Waals surface area contributed by atoms with Gasteiger partial charge in [0.1, 0.15) is 5.75 Å². The van der Waals surface area contributed by atoms with Gasteiger partial charge in [0, 0.05) is 31.0 Å². The fourth-order valence-corrected chi connectivity index (χ4v) is 2.51. The average Bonchev–Trinajstić information content (AvgIpc) is 2.69. The second-order valence-corrected chi connectivity index (χ2v) is 5.68. The molecule has 1 amide bonds. The third kappa shape index (κ3) is 5.88. The summed E-state index contributed by atoms with van der Waals surface area (Å²) >= 11 is 0. The summed E-state index contributed by atoms with van der Waals surface area (Å²) in [6.45, 7) is 2.92. The van der Waals surface area contributed by atoms with Gasteiger partial charge in [0.2, 0.25) is 0 Å². The fourth-order valence-electron chi connectivity index (χ4n) is 2.51. The molecule has 1 aromatic heterocycles. The number of rotatable bonds is 9. The molecule has 0 saturated heterocycles. The van der Waals surface area contributed by atoms with E-state index in [1.165, 1.54) is 0 Å². The molecule has 0 N–H and O–H groups in total. The lowest BCUT2D eigenvalue weighted by atomic mass is 10.1. The summed E-state index contributed by atoms with van der Waals surface area (Å²) in [4.78, 5) is 30.0. The quantitative estimate of drug-likeness (QED) is 0.646. The van der Waals surface area contributed by atoms with Gasteiger partial charge in [-0.2, -0.15) is 0 Å². The van der Waals surface area contributed by atoms with Crippen LogP contribution in [0, 0.1) is 0 Å². The standard InChI is InChI=1S/C20H24N2O4/c1-3-26-19(23)11-15-22(20(24)17-8-12-21-13-9-17)14-10-16-4-6-18(25-2)7-5-16/h4-9,12-13H,3,10-11,14-15H2,1-2H3. The largest absolute Gasteiger partial charge is 0.497 e. The molecule has 0 unspecified atom stereocenters. The highest BCUT2D eigenvalue weighted by atomic mass is 16.5. The highest BCUT2D eigenvalue weighted by Gasteiger charge is 2.17. The molecule has 0 aliphatic carbocycles. The van der Waals surface area contributed by atoms with Crippen molar-refractivity contribution in [3.63, 3.8) is 0 Å². The summed E-state index contributed by atoms with van der Waals surface area (Å²) in [6, 6.07) is 11.1. The average molecular weight is 356 g/mol. The number of pyridine rings is 1. The highest BCUT2D eigenvalue weighted by molar-refractivity contribution is 5.94.